The second kappa shape index (κ2) is 6.71. The topological polar surface area (TPSA) is 132 Å². The number of nitrogens with zero attached hydrogens (tertiary/aromatic N) is 1. The summed E-state index contributed by atoms with van der Waals surface area (Å²) < 4.78 is 30.4. The lowest BCUT2D eigenvalue weighted by Crippen LogP contribution is -2.16. The van der Waals surface area contributed by atoms with Gasteiger partial charge in [-0.2, -0.15) is 0 Å². The Bertz CT molecular complexity index is 888. The van der Waals surface area contributed by atoms with Crippen molar-refractivity contribution in [3.8, 4) is 0 Å². The van der Waals surface area contributed by atoms with Gasteiger partial charge in [0.15, 0.2) is 5.76 Å². The lowest BCUT2D eigenvalue weighted by atomic mass is 10.2. The Morgan fingerprint density at radius 3 is 2.54 bits per heavy atom. The molecule has 2 rings (SSSR count). The summed E-state index contributed by atoms with van der Waals surface area (Å²) in [6.45, 7) is 3.20. The van der Waals surface area contributed by atoms with Crippen LogP contribution in [0.15, 0.2) is 34.7 Å². The highest BCUT2D eigenvalue weighted by Crippen LogP contribution is 2.22. The first-order chi connectivity index (χ1) is 11.2. The third kappa shape index (κ3) is 4.10. The number of sulfonamides is 1. The Kier molecular flexibility index (Phi) is 4.88. The minimum Gasteiger partial charge on any atom is -0.395 e. The summed E-state index contributed by atoms with van der Waals surface area (Å²) in [5.41, 5.74) is 1.41. The first-order valence-corrected chi connectivity index (χ1v) is 8.54. The van der Waals surface area contributed by atoms with Gasteiger partial charge < -0.3 is 9.73 Å². The zero-order valence-corrected chi connectivity index (χ0v) is 13.7. The fourth-order valence-electron chi connectivity index (χ4n) is 1.84. The molecule has 9 nitrogen and oxygen atoms in total. The highest BCUT2D eigenvalue weighted by atomic mass is 32.2. The van der Waals surface area contributed by atoms with Gasteiger partial charge in [-0.25, -0.2) is 8.42 Å². The Morgan fingerprint density at radius 2 is 2.00 bits per heavy atom. The molecule has 0 radical (unpaired) electrons. The summed E-state index contributed by atoms with van der Waals surface area (Å²) in [5.74, 6) is -1.43. The number of nitrogens with one attached hydrogen (secondary N) is 2. The molecular weight excluding hydrogens is 338 g/mol. The number of amides is 1. The fourth-order valence-corrected chi connectivity index (χ4v) is 2.54. The number of aryl methyl sites for hydroxylation is 1. The predicted molar refractivity (Wildman–Crippen MR) is 87.6 cm³/mol. The van der Waals surface area contributed by atoms with Crippen molar-refractivity contribution in [2.45, 2.75) is 13.8 Å². The van der Waals surface area contributed by atoms with Crippen molar-refractivity contribution in [2.75, 3.05) is 15.8 Å². The number of benzene rings is 1. The molecule has 1 aromatic heterocycles. The van der Waals surface area contributed by atoms with Crippen LogP contribution in [-0.4, -0.2) is 25.0 Å². The van der Waals surface area contributed by atoms with Gasteiger partial charge in [-0.1, -0.05) is 0 Å². The van der Waals surface area contributed by atoms with Gasteiger partial charge in [0.2, 0.25) is 10.0 Å². The lowest BCUT2D eigenvalue weighted by Gasteiger charge is -2.11. The minimum absolute atomic E-state index is 0.0534. The highest BCUT2D eigenvalue weighted by Gasteiger charge is 2.17. The molecule has 10 heteroatoms. The number of anilines is 2. The molecule has 0 saturated carbocycles. The molecule has 128 valence electrons. The summed E-state index contributed by atoms with van der Waals surface area (Å²) in [4.78, 5) is 21.8. The van der Waals surface area contributed by atoms with E-state index in [-0.39, 0.29) is 11.5 Å². The van der Waals surface area contributed by atoms with Gasteiger partial charge in [0.05, 0.1) is 17.5 Å². The molecule has 0 atom stereocenters. The van der Waals surface area contributed by atoms with Crippen LogP contribution in [0.3, 0.4) is 0 Å². The molecular formula is C14H15N3O6S. The van der Waals surface area contributed by atoms with Crippen molar-refractivity contribution >= 4 is 33.2 Å². The number of furan rings is 1. The largest absolute Gasteiger partial charge is 0.433 e. The number of hydrogen-bond donors (Lipinski definition) is 2. The molecule has 0 spiro atoms. The van der Waals surface area contributed by atoms with E-state index < -0.39 is 26.7 Å². The fraction of sp³-hybridized carbons (Fsp3) is 0.214. The number of carbonyl (C=O) groups is 1. The molecule has 0 saturated heterocycles. The van der Waals surface area contributed by atoms with Crippen LogP contribution in [0.4, 0.5) is 17.3 Å². The molecule has 24 heavy (non-hydrogen) atoms. The van der Waals surface area contributed by atoms with Gasteiger partial charge in [-0.3, -0.25) is 19.6 Å². The van der Waals surface area contributed by atoms with Crippen LogP contribution < -0.4 is 10.0 Å². The summed E-state index contributed by atoms with van der Waals surface area (Å²) in [7, 11) is -3.40. The zero-order chi connectivity index (χ0) is 17.9. The van der Waals surface area contributed by atoms with Crippen LogP contribution in [0.5, 0.6) is 0 Å². The average molecular weight is 353 g/mol. The molecule has 0 unspecified atom stereocenters. The van der Waals surface area contributed by atoms with Crippen molar-refractivity contribution in [3.05, 3.63) is 51.8 Å². The van der Waals surface area contributed by atoms with E-state index in [9.17, 15) is 23.3 Å². The van der Waals surface area contributed by atoms with Crippen LogP contribution in [0.25, 0.3) is 0 Å². The van der Waals surface area contributed by atoms with E-state index in [1.807, 2.05) is 0 Å². The Labute approximate surface area is 137 Å². The molecule has 2 N–H and O–H groups in total. The van der Waals surface area contributed by atoms with Crippen LogP contribution in [0.1, 0.15) is 23.0 Å². The van der Waals surface area contributed by atoms with Crippen LogP contribution >= 0.6 is 0 Å². The second-order valence-electron chi connectivity index (χ2n) is 4.88. The van der Waals surface area contributed by atoms with Crippen molar-refractivity contribution in [3.63, 3.8) is 0 Å². The average Bonchev–Trinajstić information content (AvgIpc) is 3.00. The molecule has 0 aliphatic heterocycles. The Balaban J connectivity index is 2.14. The summed E-state index contributed by atoms with van der Waals surface area (Å²) in [5, 5.41) is 13.1. The first-order valence-electron chi connectivity index (χ1n) is 6.88. The summed E-state index contributed by atoms with van der Waals surface area (Å²) >= 11 is 0. The van der Waals surface area contributed by atoms with Crippen molar-refractivity contribution in [2.24, 2.45) is 0 Å². The smallest absolute Gasteiger partial charge is 0.395 e. The maximum Gasteiger partial charge on any atom is 0.433 e. The van der Waals surface area contributed by atoms with E-state index in [0.717, 1.165) is 6.07 Å². The quantitative estimate of drug-likeness (QED) is 0.606. The number of nitro groups is 1. The molecule has 1 heterocycles. The van der Waals surface area contributed by atoms with Gasteiger partial charge in [-0.05, 0) is 43.7 Å². The standard InChI is InChI=1S/C14H15N3O6S/c1-3-24(21,22)16-11-5-4-10(8-9(11)2)15-14(18)12-6-7-13(23-12)17(19)20/h4-8,16H,3H2,1-2H3,(H,15,18). The molecule has 1 aromatic carbocycles. The van der Waals surface area contributed by atoms with E-state index in [0.29, 0.717) is 16.9 Å². The molecule has 0 fully saturated rings. The third-order valence-corrected chi connectivity index (χ3v) is 4.42. The van der Waals surface area contributed by atoms with Gasteiger partial charge >= 0.3 is 5.88 Å². The van der Waals surface area contributed by atoms with Crippen molar-refractivity contribution in [1.82, 2.24) is 0 Å². The lowest BCUT2D eigenvalue weighted by molar-refractivity contribution is -0.402. The first kappa shape index (κ1) is 17.5. The van der Waals surface area contributed by atoms with Crippen molar-refractivity contribution < 1.29 is 22.6 Å². The SMILES string of the molecule is CCS(=O)(=O)Nc1ccc(NC(=O)c2ccc([N+](=O)[O-])o2)cc1C. The maximum atomic E-state index is 12.0. The monoisotopic (exact) mass is 353 g/mol. The number of rotatable bonds is 6. The normalized spacial score (nSPS) is 11.1. The van der Waals surface area contributed by atoms with Gasteiger partial charge in [0, 0.05) is 5.69 Å². The van der Waals surface area contributed by atoms with Crippen molar-refractivity contribution in [1.29, 1.82) is 0 Å². The minimum atomic E-state index is -3.40. The van der Waals surface area contributed by atoms with Crippen LogP contribution in [0, 0.1) is 17.0 Å². The van der Waals surface area contributed by atoms with E-state index >= 15 is 0 Å². The predicted octanol–water partition coefficient (Wildman–Crippen LogP) is 2.51. The third-order valence-electron chi connectivity index (χ3n) is 3.13. The molecule has 0 aliphatic carbocycles. The molecule has 1 amide bonds. The van der Waals surface area contributed by atoms with E-state index in [1.54, 1.807) is 13.0 Å². The summed E-state index contributed by atoms with van der Waals surface area (Å²) in [6.07, 6.45) is 0. The second-order valence-corrected chi connectivity index (χ2v) is 6.90. The molecule has 2 aromatic rings. The van der Waals surface area contributed by atoms with Crippen LogP contribution in [0.2, 0.25) is 0 Å². The van der Waals surface area contributed by atoms with E-state index in [2.05, 4.69) is 10.0 Å². The molecule has 0 aliphatic rings. The summed E-state index contributed by atoms with van der Waals surface area (Å²) in [6, 6.07) is 6.88. The van der Waals surface area contributed by atoms with Crippen LogP contribution in [-0.2, 0) is 10.0 Å². The van der Waals surface area contributed by atoms with Gasteiger partial charge in [0.25, 0.3) is 5.91 Å². The number of carbonyl (C=O) groups excluding carboxylic acids is 1. The Morgan fingerprint density at radius 1 is 1.29 bits per heavy atom. The van der Waals surface area contributed by atoms with E-state index in [1.165, 1.54) is 25.1 Å². The van der Waals surface area contributed by atoms with Gasteiger partial charge in [-0.15, -0.1) is 0 Å². The van der Waals surface area contributed by atoms with Gasteiger partial charge in [0.1, 0.15) is 4.92 Å². The Hall–Kier alpha value is -2.88. The van der Waals surface area contributed by atoms with E-state index in [4.69, 9.17) is 4.42 Å². The molecule has 0 bridgehead atoms. The number of hydrogen-bond acceptors (Lipinski definition) is 6. The highest BCUT2D eigenvalue weighted by molar-refractivity contribution is 7.92. The zero-order valence-electron chi connectivity index (χ0n) is 12.9. The maximum absolute atomic E-state index is 12.0.